The number of hydrogen-bond donors (Lipinski definition) is 2. The fourth-order valence-electron chi connectivity index (χ4n) is 4.16. The third-order valence-electron chi connectivity index (χ3n) is 6.66. The number of aryl methyl sites for hydroxylation is 2. The first-order chi connectivity index (χ1) is 18.2. The van der Waals surface area contributed by atoms with Crippen molar-refractivity contribution in [1.82, 2.24) is 10.2 Å². The van der Waals surface area contributed by atoms with Crippen LogP contribution >= 0.6 is 0 Å². The molecule has 0 bridgehead atoms. The van der Waals surface area contributed by atoms with Gasteiger partial charge in [0.25, 0.3) is 5.91 Å². The minimum absolute atomic E-state index is 0.248. The molecule has 0 saturated heterocycles. The minimum Gasteiger partial charge on any atom is -0.497 e. The number of amides is 3. The van der Waals surface area contributed by atoms with E-state index in [4.69, 9.17) is 9.47 Å². The maximum atomic E-state index is 14.3. The maximum Gasteiger partial charge on any atom is 0.408 e. The van der Waals surface area contributed by atoms with Crippen LogP contribution in [0.5, 0.6) is 5.75 Å². The Labute approximate surface area is 233 Å². The van der Waals surface area contributed by atoms with Crippen LogP contribution in [-0.2, 0) is 14.3 Å². The van der Waals surface area contributed by atoms with Crippen LogP contribution in [0.25, 0.3) is 0 Å². The van der Waals surface area contributed by atoms with Gasteiger partial charge in [0, 0.05) is 11.7 Å². The molecule has 0 radical (unpaired) electrons. The van der Waals surface area contributed by atoms with E-state index in [1.54, 1.807) is 57.0 Å². The number of rotatable bonds is 10. The molecule has 3 atom stereocenters. The largest absolute Gasteiger partial charge is 0.497 e. The smallest absolute Gasteiger partial charge is 0.408 e. The molecule has 3 unspecified atom stereocenters. The van der Waals surface area contributed by atoms with E-state index in [9.17, 15) is 14.4 Å². The monoisotopic (exact) mass is 539 g/mol. The lowest BCUT2D eigenvalue weighted by molar-refractivity contribution is -0.144. The van der Waals surface area contributed by atoms with E-state index >= 15 is 0 Å². The summed E-state index contributed by atoms with van der Waals surface area (Å²) < 4.78 is 10.7. The Balaban J connectivity index is 2.57. The third kappa shape index (κ3) is 8.73. The molecule has 2 aromatic rings. The lowest BCUT2D eigenvalue weighted by Crippen LogP contribution is -2.56. The number of nitrogens with zero attached hydrogens (tertiary/aromatic N) is 1. The number of methoxy groups -OCH3 is 1. The SMILES string of the molecule is CCC(C)N(C(=O)C(NC(=O)OC(C)(C)C)C(C)C)C(C(=O)Nc1ccc(OC)cc1)c1ccc(C)c(C)c1. The molecule has 0 spiro atoms. The van der Waals surface area contributed by atoms with Crippen molar-refractivity contribution in [3.05, 3.63) is 59.2 Å². The van der Waals surface area contributed by atoms with E-state index in [0.717, 1.165) is 11.1 Å². The molecule has 0 aromatic heterocycles. The van der Waals surface area contributed by atoms with Gasteiger partial charge in [-0.3, -0.25) is 9.59 Å². The summed E-state index contributed by atoms with van der Waals surface area (Å²) in [4.78, 5) is 42.5. The van der Waals surface area contributed by atoms with E-state index in [0.29, 0.717) is 23.4 Å². The topological polar surface area (TPSA) is 97.0 Å². The molecule has 8 nitrogen and oxygen atoms in total. The first kappa shape index (κ1) is 31.7. The Kier molecular flexibility index (Phi) is 11.0. The fourth-order valence-corrected chi connectivity index (χ4v) is 4.16. The van der Waals surface area contributed by atoms with Crippen LogP contribution in [0.2, 0.25) is 0 Å². The van der Waals surface area contributed by atoms with Crippen molar-refractivity contribution in [3.8, 4) is 5.75 Å². The van der Waals surface area contributed by atoms with E-state index in [1.807, 2.05) is 59.7 Å². The van der Waals surface area contributed by atoms with Gasteiger partial charge in [0.15, 0.2) is 0 Å². The molecule has 0 aliphatic carbocycles. The summed E-state index contributed by atoms with van der Waals surface area (Å²) >= 11 is 0. The molecular weight excluding hydrogens is 494 g/mol. The number of ether oxygens (including phenoxy) is 2. The molecule has 0 saturated carbocycles. The van der Waals surface area contributed by atoms with Crippen LogP contribution in [0.4, 0.5) is 10.5 Å². The minimum atomic E-state index is -0.935. The molecule has 214 valence electrons. The number of hydrogen-bond acceptors (Lipinski definition) is 5. The summed E-state index contributed by atoms with van der Waals surface area (Å²) in [6.07, 6.45) is -0.0655. The number of carbonyl (C=O) groups excluding carboxylic acids is 3. The van der Waals surface area contributed by atoms with Gasteiger partial charge in [-0.1, -0.05) is 39.0 Å². The van der Waals surface area contributed by atoms with Gasteiger partial charge in [0.05, 0.1) is 7.11 Å². The number of carbonyl (C=O) groups is 3. The van der Waals surface area contributed by atoms with Crippen LogP contribution in [0.3, 0.4) is 0 Å². The second-order valence-electron chi connectivity index (χ2n) is 11.3. The van der Waals surface area contributed by atoms with Crippen molar-refractivity contribution in [2.45, 2.75) is 92.5 Å². The fraction of sp³-hybridized carbons (Fsp3) is 0.516. The van der Waals surface area contributed by atoms with E-state index < -0.39 is 23.8 Å². The van der Waals surface area contributed by atoms with E-state index in [1.165, 1.54) is 0 Å². The Bertz CT molecular complexity index is 1140. The highest BCUT2D eigenvalue weighted by atomic mass is 16.6. The predicted octanol–water partition coefficient (Wildman–Crippen LogP) is 6.17. The van der Waals surface area contributed by atoms with Gasteiger partial charge in [-0.15, -0.1) is 0 Å². The van der Waals surface area contributed by atoms with Crippen LogP contribution in [0.15, 0.2) is 42.5 Å². The molecule has 0 aliphatic rings. The number of anilines is 1. The molecule has 0 aliphatic heterocycles. The average molecular weight is 540 g/mol. The van der Waals surface area contributed by atoms with Gasteiger partial charge < -0.3 is 25.0 Å². The number of nitrogens with one attached hydrogen (secondary N) is 2. The van der Waals surface area contributed by atoms with Crippen LogP contribution in [-0.4, -0.2) is 47.6 Å². The maximum absolute atomic E-state index is 14.3. The highest BCUT2D eigenvalue weighted by molar-refractivity contribution is 5.99. The Morgan fingerprint density at radius 2 is 1.56 bits per heavy atom. The Morgan fingerprint density at radius 1 is 0.949 bits per heavy atom. The summed E-state index contributed by atoms with van der Waals surface area (Å²) in [7, 11) is 1.58. The zero-order valence-electron chi connectivity index (χ0n) is 25.0. The van der Waals surface area contributed by atoms with Crippen molar-refractivity contribution in [1.29, 1.82) is 0 Å². The van der Waals surface area contributed by atoms with Crippen LogP contribution < -0.4 is 15.4 Å². The lowest BCUT2D eigenvalue weighted by atomic mass is 9.95. The standard InChI is InChI=1S/C31H45N3O5/c1-11-22(6)34(29(36)26(19(2)3)33-30(37)39-31(7,8)9)27(23-13-12-20(4)21(5)18-23)28(35)32-24-14-16-25(38-10)17-15-24/h12-19,22,26-27H,11H2,1-10H3,(H,32,35)(H,33,37). The molecule has 8 heteroatoms. The van der Waals surface area contributed by atoms with Gasteiger partial charge in [-0.05, 0) is 94.8 Å². The second kappa shape index (κ2) is 13.5. The summed E-state index contributed by atoms with van der Waals surface area (Å²) in [6.45, 7) is 16.9. The van der Waals surface area contributed by atoms with Gasteiger partial charge in [0.2, 0.25) is 5.91 Å². The van der Waals surface area contributed by atoms with E-state index in [-0.39, 0.29) is 23.8 Å². The van der Waals surface area contributed by atoms with Gasteiger partial charge in [-0.2, -0.15) is 0 Å². The zero-order valence-corrected chi connectivity index (χ0v) is 25.0. The third-order valence-corrected chi connectivity index (χ3v) is 6.66. The summed E-state index contributed by atoms with van der Waals surface area (Å²) in [5, 5.41) is 5.74. The molecule has 0 fully saturated rings. The Hall–Kier alpha value is -3.55. The summed E-state index contributed by atoms with van der Waals surface area (Å²) in [5.74, 6) is -0.278. The second-order valence-corrected chi connectivity index (χ2v) is 11.3. The van der Waals surface area contributed by atoms with Crippen molar-refractivity contribution < 1.29 is 23.9 Å². The molecule has 2 rings (SSSR count). The summed E-state index contributed by atoms with van der Waals surface area (Å²) in [5.41, 5.74) is 2.65. The van der Waals surface area contributed by atoms with Gasteiger partial charge >= 0.3 is 6.09 Å². The van der Waals surface area contributed by atoms with Crippen LogP contribution in [0.1, 0.15) is 77.6 Å². The molecule has 0 heterocycles. The quantitative estimate of drug-likeness (QED) is 0.376. The van der Waals surface area contributed by atoms with Crippen molar-refractivity contribution >= 4 is 23.6 Å². The molecular formula is C31H45N3O5. The number of benzene rings is 2. The summed E-state index contributed by atoms with van der Waals surface area (Å²) in [6, 6.07) is 10.7. The van der Waals surface area contributed by atoms with Gasteiger partial charge in [0.1, 0.15) is 23.4 Å². The molecule has 39 heavy (non-hydrogen) atoms. The normalized spacial score (nSPS) is 13.7. The van der Waals surface area contributed by atoms with Gasteiger partial charge in [-0.25, -0.2) is 4.79 Å². The lowest BCUT2D eigenvalue weighted by Gasteiger charge is -2.39. The Morgan fingerprint density at radius 3 is 2.05 bits per heavy atom. The van der Waals surface area contributed by atoms with Crippen molar-refractivity contribution in [3.63, 3.8) is 0 Å². The first-order valence-corrected chi connectivity index (χ1v) is 13.5. The molecule has 2 aromatic carbocycles. The van der Waals surface area contributed by atoms with Crippen molar-refractivity contribution in [2.24, 2.45) is 5.92 Å². The number of alkyl carbamates (subject to hydrolysis) is 1. The zero-order chi connectivity index (χ0) is 29.5. The average Bonchev–Trinajstić information content (AvgIpc) is 2.85. The molecule has 3 amide bonds. The van der Waals surface area contributed by atoms with Crippen molar-refractivity contribution in [2.75, 3.05) is 12.4 Å². The molecule has 2 N–H and O–H groups in total. The van der Waals surface area contributed by atoms with E-state index in [2.05, 4.69) is 10.6 Å². The highest BCUT2D eigenvalue weighted by Crippen LogP contribution is 2.30. The van der Waals surface area contributed by atoms with Crippen LogP contribution in [0, 0.1) is 19.8 Å². The predicted molar refractivity (Wildman–Crippen MR) is 155 cm³/mol. The highest BCUT2D eigenvalue weighted by Gasteiger charge is 2.39. The first-order valence-electron chi connectivity index (χ1n) is 13.5.